The van der Waals surface area contributed by atoms with Gasteiger partial charge in [-0.2, -0.15) is 4.39 Å². The van der Waals surface area contributed by atoms with Gasteiger partial charge in [-0.3, -0.25) is 4.79 Å². The predicted octanol–water partition coefficient (Wildman–Crippen LogP) is 1.18. The molecule has 4 nitrogen and oxygen atoms in total. The lowest BCUT2D eigenvalue weighted by molar-refractivity contribution is 0.0690. The zero-order valence-electron chi connectivity index (χ0n) is 6.62. The number of hydrogen-bond donors (Lipinski definition) is 2. The van der Waals surface area contributed by atoms with Gasteiger partial charge in [-0.25, -0.2) is 9.18 Å². The molecule has 0 radical (unpaired) electrons. The molecule has 0 unspecified atom stereocenters. The normalized spacial score (nSPS) is 9.86. The van der Waals surface area contributed by atoms with E-state index in [0.29, 0.717) is 6.07 Å². The third kappa shape index (κ3) is 1.41. The zero-order chi connectivity index (χ0) is 10.9. The minimum absolute atomic E-state index is 0.0320. The Labute approximate surface area is 76.4 Å². The zero-order valence-corrected chi connectivity index (χ0v) is 6.62. The Hall–Kier alpha value is -1.98. The van der Waals surface area contributed by atoms with Crippen LogP contribution in [0.15, 0.2) is 6.07 Å². The van der Waals surface area contributed by atoms with Gasteiger partial charge in [-0.15, -0.1) is 0 Å². The Kier molecular flexibility index (Phi) is 2.46. The molecule has 0 saturated carbocycles. The topological polar surface area (TPSA) is 74.6 Å². The lowest BCUT2D eigenvalue weighted by atomic mass is 10.1. The molecule has 2 N–H and O–H groups in total. The summed E-state index contributed by atoms with van der Waals surface area (Å²) in [4.78, 5) is 20.6. The van der Waals surface area contributed by atoms with Gasteiger partial charge < -0.3 is 10.2 Å². The molecule has 6 heteroatoms. The highest BCUT2D eigenvalue weighted by Crippen LogP contribution is 2.25. The van der Waals surface area contributed by atoms with E-state index in [4.69, 9.17) is 10.2 Å². The number of carbonyl (C=O) groups is 2. The van der Waals surface area contributed by atoms with Crippen molar-refractivity contribution in [3.05, 3.63) is 28.8 Å². The molecule has 0 spiro atoms. The number of rotatable bonds is 2. The molecule has 0 bridgehead atoms. The van der Waals surface area contributed by atoms with Gasteiger partial charge in [0.05, 0.1) is 11.1 Å². The number of aromatic hydroxyl groups is 1. The van der Waals surface area contributed by atoms with Crippen LogP contribution in [0.25, 0.3) is 0 Å². The molecule has 0 aliphatic carbocycles. The number of benzene rings is 1. The third-order valence-corrected chi connectivity index (χ3v) is 1.57. The summed E-state index contributed by atoms with van der Waals surface area (Å²) in [7, 11) is 0. The van der Waals surface area contributed by atoms with Crippen molar-refractivity contribution in [3.8, 4) is 5.75 Å². The molecule has 0 heterocycles. The lowest BCUT2D eigenvalue weighted by Crippen LogP contribution is -2.05. The van der Waals surface area contributed by atoms with Crippen LogP contribution in [0.4, 0.5) is 8.78 Å². The van der Waals surface area contributed by atoms with Gasteiger partial charge in [0.1, 0.15) is 0 Å². The van der Waals surface area contributed by atoms with E-state index in [1.807, 2.05) is 0 Å². The van der Waals surface area contributed by atoms with Crippen molar-refractivity contribution in [2.24, 2.45) is 0 Å². The smallest absolute Gasteiger partial charge is 0.338 e. The van der Waals surface area contributed by atoms with Gasteiger partial charge in [-0.1, -0.05) is 0 Å². The number of aldehydes is 1. The average molecular weight is 202 g/mol. The molecular weight excluding hydrogens is 198 g/mol. The second kappa shape index (κ2) is 3.41. The average Bonchev–Trinajstić information content (AvgIpc) is 2.14. The van der Waals surface area contributed by atoms with Crippen LogP contribution in [-0.4, -0.2) is 22.5 Å². The van der Waals surface area contributed by atoms with Crippen molar-refractivity contribution in [1.29, 1.82) is 0 Å². The fourth-order valence-electron chi connectivity index (χ4n) is 0.882. The second-order valence-corrected chi connectivity index (χ2v) is 2.41. The molecule has 0 atom stereocenters. The van der Waals surface area contributed by atoms with Crippen molar-refractivity contribution < 1.29 is 28.6 Å². The summed E-state index contributed by atoms with van der Waals surface area (Å²) in [6.45, 7) is 0. The lowest BCUT2D eigenvalue weighted by Gasteiger charge is -2.03. The van der Waals surface area contributed by atoms with E-state index in [1.54, 1.807) is 0 Å². The highest BCUT2D eigenvalue weighted by Gasteiger charge is 2.21. The molecule has 1 aromatic rings. The SMILES string of the molecule is O=Cc1cc(C(=O)O)c(F)c(F)c1O. The quantitative estimate of drug-likeness (QED) is 0.706. The molecule has 0 amide bonds. The molecular formula is C8H4F2O4. The Balaban J connectivity index is 3.56. The summed E-state index contributed by atoms with van der Waals surface area (Å²) in [5, 5.41) is 17.2. The van der Waals surface area contributed by atoms with E-state index in [0.717, 1.165) is 0 Å². The summed E-state index contributed by atoms with van der Waals surface area (Å²) >= 11 is 0. The Bertz CT molecular complexity index is 414. The predicted molar refractivity (Wildman–Crippen MR) is 40.4 cm³/mol. The number of aromatic carboxylic acids is 1. The van der Waals surface area contributed by atoms with Crippen molar-refractivity contribution >= 4 is 12.3 Å². The van der Waals surface area contributed by atoms with E-state index >= 15 is 0 Å². The number of phenols is 1. The van der Waals surface area contributed by atoms with Crippen LogP contribution in [0.5, 0.6) is 5.75 Å². The molecule has 0 saturated heterocycles. The van der Waals surface area contributed by atoms with Gasteiger partial charge in [0.25, 0.3) is 0 Å². The first-order chi connectivity index (χ1) is 6.49. The Morgan fingerprint density at radius 2 is 1.93 bits per heavy atom. The van der Waals surface area contributed by atoms with E-state index in [-0.39, 0.29) is 6.29 Å². The summed E-state index contributed by atoms with van der Waals surface area (Å²) in [6, 6.07) is 0.559. The van der Waals surface area contributed by atoms with Crippen molar-refractivity contribution in [2.75, 3.05) is 0 Å². The molecule has 0 aliphatic heterocycles. The van der Waals surface area contributed by atoms with E-state index in [9.17, 15) is 18.4 Å². The molecule has 1 rings (SSSR count). The number of carbonyl (C=O) groups excluding carboxylic acids is 1. The largest absolute Gasteiger partial charge is 0.504 e. The summed E-state index contributed by atoms with van der Waals surface area (Å²) in [5.74, 6) is -6.35. The van der Waals surface area contributed by atoms with Crippen molar-refractivity contribution in [1.82, 2.24) is 0 Å². The van der Waals surface area contributed by atoms with E-state index in [1.165, 1.54) is 0 Å². The van der Waals surface area contributed by atoms with Gasteiger partial charge in [0.15, 0.2) is 17.9 Å². The van der Waals surface area contributed by atoms with Crippen LogP contribution in [-0.2, 0) is 0 Å². The van der Waals surface area contributed by atoms with Crippen LogP contribution in [0.2, 0.25) is 0 Å². The summed E-state index contributed by atoms with van der Waals surface area (Å²) in [6.07, 6.45) is 0.0320. The fraction of sp³-hybridized carbons (Fsp3) is 0. The first-order valence-corrected chi connectivity index (χ1v) is 3.38. The number of halogens is 2. The number of hydrogen-bond acceptors (Lipinski definition) is 3. The third-order valence-electron chi connectivity index (χ3n) is 1.57. The van der Waals surface area contributed by atoms with E-state index < -0.39 is 34.5 Å². The van der Waals surface area contributed by atoms with Crippen molar-refractivity contribution in [2.45, 2.75) is 0 Å². The Morgan fingerprint density at radius 3 is 2.36 bits per heavy atom. The number of carboxylic acids is 1. The molecule has 0 aromatic heterocycles. The van der Waals surface area contributed by atoms with Crippen LogP contribution in [0.3, 0.4) is 0 Å². The first-order valence-electron chi connectivity index (χ1n) is 3.38. The highest BCUT2D eigenvalue weighted by atomic mass is 19.2. The molecule has 74 valence electrons. The molecule has 14 heavy (non-hydrogen) atoms. The van der Waals surface area contributed by atoms with Crippen LogP contribution in [0, 0.1) is 11.6 Å². The van der Waals surface area contributed by atoms with Crippen LogP contribution in [0.1, 0.15) is 20.7 Å². The monoisotopic (exact) mass is 202 g/mol. The van der Waals surface area contributed by atoms with E-state index in [2.05, 4.69) is 0 Å². The van der Waals surface area contributed by atoms with Crippen LogP contribution < -0.4 is 0 Å². The van der Waals surface area contributed by atoms with Gasteiger partial charge in [-0.05, 0) is 6.07 Å². The maximum Gasteiger partial charge on any atom is 0.338 e. The van der Waals surface area contributed by atoms with Gasteiger partial charge >= 0.3 is 5.97 Å². The summed E-state index contributed by atoms with van der Waals surface area (Å²) in [5.41, 5.74) is -1.61. The number of carboxylic acid groups (broad SMARTS) is 1. The highest BCUT2D eigenvalue weighted by molar-refractivity contribution is 5.91. The van der Waals surface area contributed by atoms with Crippen LogP contribution >= 0.6 is 0 Å². The van der Waals surface area contributed by atoms with Crippen molar-refractivity contribution in [3.63, 3.8) is 0 Å². The minimum atomic E-state index is -1.74. The fourth-order valence-corrected chi connectivity index (χ4v) is 0.882. The second-order valence-electron chi connectivity index (χ2n) is 2.41. The molecule has 1 aromatic carbocycles. The standard InChI is InChI=1S/C8H4F2O4/c9-5-4(8(13)14)1-3(2-11)7(12)6(5)10/h1-2,12H,(H,13,14). The summed E-state index contributed by atoms with van der Waals surface area (Å²) < 4.78 is 25.5. The Morgan fingerprint density at radius 1 is 1.36 bits per heavy atom. The van der Waals surface area contributed by atoms with Gasteiger partial charge in [0.2, 0.25) is 5.82 Å². The number of phenolic OH excluding ortho intramolecular Hbond substituents is 1. The minimum Gasteiger partial charge on any atom is -0.504 e. The van der Waals surface area contributed by atoms with Gasteiger partial charge in [0, 0.05) is 0 Å². The maximum atomic E-state index is 12.8. The molecule has 0 aliphatic rings. The first kappa shape index (κ1) is 10.1. The maximum absolute atomic E-state index is 12.8. The molecule has 0 fully saturated rings.